The summed E-state index contributed by atoms with van der Waals surface area (Å²) in [6.07, 6.45) is 0.505. The Balaban J connectivity index is 2.46. The van der Waals surface area contributed by atoms with Gasteiger partial charge >= 0.3 is 5.69 Å². The fourth-order valence-corrected chi connectivity index (χ4v) is 3.08. The van der Waals surface area contributed by atoms with Crippen LogP contribution in [0, 0.1) is 0 Å². The normalized spacial score (nSPS) is 10.8. The Kier molecular flexibility index (Phi) is 6.00. The van der Waals surface area contributed by atoms with Crippen LogP contribution >= 0.6 is 11.8 Å². The number of nitrogens with zero attached hydrogens (tertiary/aromatic N) is 1. The van der Waals surface area contributed by atoms with Crippen LogP contribution in [0.4, 0.5) is 0 Å². The first-order valence-corrected chi connectivity index (χ1v) is 7.76. The third-order valence-electron chi connectivity index (χ3n) is 3.01. The summed E-state index contributed by atoms with van der Waals surface area (Å²) in [4.78, 5) is 27.3. The summed E-state index contributed by atoms with van der Waals surface area (Å²) >= 11 is 1.35. The van der Waals surface area contributed by atoms with Gasteiger partial charge in [0, 0.05) is 10.5 Å². The van der Waals surface area contributed by atoms with Crippen molar-refractivity contribution < 1.29 is 9.84 Å². The highest BCUT2D eigenvalue weighted by atomic mass is 32.2. The SMILES string of the molecule is CCc1c(Sc2ccccc2)n(COCCO)c(=O)[nH]c1=O. The first kappa shape index (κ1) is 16.5. The van der Waals surface area contributed by atoms with Crippen molar-refractivity contribution in [1.29, 1.82) is 0 Å². The van der Waals surface area contributed by atoms with E-state index in [2.05, 4.69) is 4.98 Å². The average molecular weight is 322 g/mol. The number of aliphatic hydroxyl groups excluding tert-OH is 1. The van der Waals surface area contributed by atoms with Gasteiger partial charge in [-0.2, -0.15) is 0 Å². The molecule has 0 amide bonds. The Morgan fingerprint density at radius 3 is 2.64 bits per heavy atom. The summed E-state index contributed by atoms with van der Waals surface area (Å²) in [5, 5.41) is 9.36. The Morgan fingerprint density at radius 2 is 2.00 bits per heavy atom. The lowest BCUT2D eigenvalue weighted by atomic mass is 10.2. The van der Waals surface area contributed by atoms with E-state index in [-0.39, 0.29) is 25.5 Å². The largest absolute Gasteiger partial charge is 0.394 e. The maximum absolute atomic E-state index is 12.1. The number of aromatic nitrogens is 2. The van der Waals surface area contributed by atoms with Gasteiger partial charge in [-0.15, -0.1) is 0 Å². The van der Waals surface area contributed by atoms with Crippen LogP contribution in [0.15, 0.2) is 49.8 Å². The van der Waals surface area contributed by atoms with Crippen LogP contribution in [-0.2, 0) is 17.9 Å². The molecule has 118 valence electrons. The van der Waals surface area contributed by atoms with Crippen molar-refractivity contribution in [2.75, 3.05) is 13.2 Å². The first-order valence-electron chi connectivity index (χ1n) is 6.94. The molecule has 0 aliphatic carbocycles. The number of aliphatic hydroxyl groups is 1. The molecule has 0 fully saturated rings. The maximum atomic E-state index is 12.1. The third kappa shape index (κ3) is 3.88. The third-order valence-corrected chi connectivity index (χ3v) is 4.18. The van der Waals surface area contributed by atoms with Crippen LogP contribution in [0.25, 0.3) is 0 Å². The molecule has 0 aliphatic heterocycles. The molecule has 22 heavy (non-hydrogen) atoms. The minimum Gasteiger partial charge on any atom is -0.394 e. The van der Waals surface area contributed by atoms with E-state index in [1.165, 1.54) is 16.3 Å². The number of benzene rings is 1. The number of aromatic amines is 1. The number of hydrogen-bond acceptors (Lipinski definition) is 5. The Hall–Kier alpha value is -1.83. The van der Waals surface area contributed by atoms with Crippen molar-refractivity contribution in [2.45, 2.75) is 30.0 Å². The topological polar surface area (TPSA) is 84.3 Å². The molecule has 0 saturated heterocycles. The molecular weight excluding hydrogens is 304 g/mol. The Morgan fingerprint density at radius 1 is 1.27 bits per heavy atom. The van der Waals surface area contributed by atoms with Crippen LogP contribution in [0.2, 0.25) is 0 Å². The summed E-state index contributed by atoms with van der Waals surface area (Å²) in [6, 6.07) is 9.51. The van der Waals surface area contributed by atoms with Crippen LogP contribution in [0.3, 0.4) is 0 Å². The van der Waals surface area contributed by atoms with Crippen LogP contribution in [-0.4, -0.2) is 27.9 Å². The molecule has 0 radical (unpaired) electrons. The van der Waals surface area contributed by atoms with Crippen LogP contribution in [0.5, 0.6) is 0 Å². The quantitative estimate of drug-likeness (QED) is 0.591. The molecule has 0 bridgehead atoms. The second-order valence-electron chi connectivity index (χ2n) is 4.50. The van der Waals surface area contributed by atoms with E-state index >= 15 is 0 Å². The number of rotatable bonds is 7. The summed E-state index contributed by atoms with van der Waals surface area (Å²) < 4.78 is 6.63. The van der Waals surface area contributed by atoms with Crippen molar-refractivity contribution in [2.24, 2.45) is 0 Å². The van der Waals surface area contributed by atoms with Crippen molar-refractivity contribution in [3.8, 4) is 0 Å². The zero-order valence-electron chi connectivity index (χ0n) is 12.2. The molecule has 2 rings (SSSR count). The van der Waals surface area contributed by atoms with E-state index in [1.807, 2.05) is 37.3 Å². The lowest BCUT2D eigenvalue weighted by Gasteiger charge is -2.15. The van der Waals surface area contributed by atoms with Gasteiger partial charge in [0.05, 0.1) is 18.2 Å². The second-order valence-corrected chi connectivity index (χ2v) is 5.56. The lowest BCUT2D eigenvalue weighted by molar-refractivity contribution is 0.0411. The van der Waals surface area contributed by atoms with E-state index in [9.17, 15) is 9.59 Å². The van der Waals surface area contributed by atoms with Gasteiger partial charge in [0.1, 0.15) is 6.73 Å². The summed E-state index contributed by atoms with van der Waals surface area (Å²) in [7, 11) is 0. The molecule has 0 unspecified atom stereocenters. The Bertz CT molecular complexity index is 725. The number of nitrogens with one attached hydrogen (secondary N) is 1. The number of H-pyrrole nitrogens is 1. The molecule has 1 aromatic carbocycles. The summed E-state index contributed by atoms with van der Waals surface area (Å²) in [5.74, 6) is 0. The molecule has 0 aliphatic rings. The smallest absolute Gasteiger partial charge is 0.331 e. The number of hydrogen-bond donors (Lipinski definition) is 2. The lowest BCUT2D eigenvalue weighted by Crippen LogP contribution is -2.34. The van der Waals surface area contributed by atoms with E-state index in [1.54, 1.807) is 0 Å². The van der Waals surface area contributed by atoms with Gasteiger partial charge in [0.25, 0.3) is 5.56 Å². The van der Waals surface area contributed by atoms with Gasteiger partial charge in [0.15, 0.2) is 0 Å². The van der Waals surface area contributed by atoms with Crippen LogP contribution in [0.1, 0.15) is 12.5 Å². The van der Waals surface area contributed by atoms with Crippen molar-refractivity contribution in [1.82, 2.24) is 9.55 Å². The summed E-state index contributed by atoms with van der Waals surface area (Å²) in [6.45, 7) is 1.85. The van der Waals surface area contributed by atoms with Crippen molar-refractivity contribution >= 4 is 11.8 Å². The molecule has 6 nitrogen and oxygen atoms in total. The molecule has 1 heterocycles. The minimum atomic E-state index is -0.515. The highest BCUT2D eigenvalue weighted by molar-refractivity contribution is 7.99. The predicted octanol–water partition coefficient (Wildman–Crippen LogP) is 1.22. The summed E-state index contributed by atoms with van der Waals surface area (Å²) in [5.41, 5.74) is -0.344. The van der Waals surface area contributed by atoms with Gasteiger partial charge in [-0.05, 0) is 18.6 Å². The maximum Gasteiger partial charge on any atom is 0.331 e. The Labute approximate surface area is 131 Å². The molecular formula is C15H18N2O4S. The second kappa shape index (κ2) is 7.98. The molecule has 0 spiro atoms. The highest BCUT2D eigenvalue weighted by Gasteiger charge is 2.15. The van der Waals surface area contributed by atoms with Crippen LogP contribution < -0.4 is 11.2 Å². The van der Waals surface area contributed by atoms with E-state index in [0.717, 1.165) is 4.90 Å². The monoisotopic (exact) mass is 322 g/mol. The molecule has 2 N–H and O–H groups in total. The first-order chi connectivity index (χ1) is 10.7. The van der Waals surface area contributed by atoms with Gasteiger partial charge in [-0.25, -0.2) is 4.79 Å². The van der Waals surface area contributed by atoms with Gasteiger partial charge in [-0.1, -0.05) is 36.9 Å². The zero-order chi connectivity index (χ0) is 15.9. The minimum absolute atomic E-state index is 0.0155. The average Bonchev–Trinajstić information content (AvgIpc) is 2.51. The van der Waals surface area contributed by atoms with Gasteiger partial charge in [-0.3, -0.25) is 14.3 Å². The molecule has 0 saturated carbocycles. The van der Waals surface area contributed by atoms with E-state index < -0.39 is 5.69 Å². The van der Waals surface area contributed by atoms with E-state index in [4.69, 9.17) is 9.84 Å². The molecule has 1 aromatic heterocycles. The molecule has 7 heteroatoms. The van der Waals surface area contributed by atoms with Gasteiger partial charge in [0.2, 0.25) is 0 Å². The molecule has 0 atom stereocenters. The fourth-order valence-electron chi connectivity index (χ4n) is 1.96. The van der Waals surface area contributed by atoms with Crippen molar-refractivity contribution in [3.63, 3.8) is 0 Å². The van der Waals surface area contributed by atoms with Crippen molar-refractivity contribution in [3.05, 3.63) is 56.7 Å². The highest BCUT2D eigenvalue weighted by Crippen LogP contribution is 2.28. The standard InChI is InChI=1S/C15H18N2O4S/c1-2-12-13(19)16-15(20)17(10-21-9-8-18)14(12)22-11-6-4-3-5-7-11/h3-7,18H,2,8-10H2,1H3,(H,16,19,20). The predicted molar refractivity (Wildman–Crippen MR) is 84.3 cm³/mol. The number of ether oxygens (including phenoxy) is 1. The zero-order valence-corrected chi connectivity index (χ0v) is 13.1. The molecule has 2 aromatic rings. The fraction of sp³-hybridized carbons (Fsp3) is 0.333. The van der Waals surface area contributed by atoms with E-state index in [0.29, 0.717) is 17.0 Å². The van der Waals surface area contributed by atoms with Gasteiger partial charge < -0.3 is 9.84 Å².